The van der Waals surface area contributed by atoms with Crippen LogP contribution in [0.5, 0.6) is 0 Å². The molecule has 0 radical (unpaired) electrons. The van der Waals surface area contributed by atoms with Crippen LogP contribution in [0.2, 0.25) is 0 Å². The Labute approximate surface area is 239 Å². The molecule has 0 aliphatic rings. The van der Waals surface area contributed by atoms with Crippen LogP contribution in [-0.2, 0) is 32.6 Å². The third-order valence-electron chi connectivity index (χ3n) is 6.54. The number of carbonyl (C=O) groups excluding carboxylic acids is 2. The van der Waals surface area contributed by atoms with E-state index >= 15 is 0 Å². The average molecular weight is 564 g/mol. The van der Waals surface area contributed by atoms with Crippen molar-refractivity contribution in [2.75, 3.05) is 17.1 Å². The molecule has 1 N–H and O–H groups in total. The maximum Gasteiger partial charge on any atom is 0.244 e. The van der Waals surface area contributed by atoms with Crippen molar-refractivity contribution in [2.24, 2.45) is 0 Å². The SMILES string of the molecule is Cc1cc(C)cc(N(CC(=O)N(Cc2ccccc2C)C(Cc2ccccc2)C(=O)NC(C)(C)C)S(C)(=O)=O)c1. The molecule has 3 aromatic rings. The van der Waals surface area contributed by atoms with Crippen LogP contribution in [0.3, 0.4) is 0 Å². The third-order valence-corrected chi connectivity index (χ3v) is 7.69. The molecule has 3 rings (SSSR count). The number of anilines is 1. The number of hydrogen-bond donors (Lipinski definition) is 1. The largest absolute Gasteiger partial charge is 0.350 e. The quantitative estimate of drug-likeness (QED) is 0.379. The van der Waals surface area contributed by atoms with Crippen molar-refractivity contribution in [3.05, 3.63) is 101 Å². The van der Waals surface area contributed by atoms with Crippen LogP contribution < -0.4 is 9.62 Å². The second-order valence-corrected chi connectivity index (χ2v) is 13.4. The summed E-state index contributed by atoms with van der Waals surface area (Å²) in [6.45, 7) is 11.1. The summed E-state index contributed by atoms with van der Waals surface area (Å²) < 4.78 is 27.1. The highest BCUT2D eigenvalue weighted by Crippen LogP contribution is 2.23. The molecule has 0 aliphatic heterocycles. The summed E-state index contributed by atoms with van der Waals surface area (Å²) in [5, 5.41) is 3.04. The summed E-state index contributed by atoms with van der Waals surface area (Å²) in [6, 6.07) is 21.8. The maximum atomic E-state index is 14.2. The normalized spacial score (nSPS) is 12.5. The summed E-state index contributed by atoms with van der Waals surface area (Å²) in [7, 11) is -3.81. The van der Waals surface area contributed by atoms with E-state index in [1.54, 1.807) is 12.1 Å². The number of aryl methyl sites for hydroxylation is 3. The van der Waals surface area contributed by atoms with E-state index in [2.05, 4.69) is 5.32 Å². The van der Waals surface area contributed by atoms with Crippen molar-refractivity contribution >= 4 is 27.5 Å². The molecule has 1 unspecified atom stereocenters. The minimum atomic E-state index is -3.81. The number of rotatable bonds is 10. The van der Waals surface area contributed by atoms with Gasteiger partial charge in [-0.2, -0.15) is 0 Å². The van der Waals surface area contributed by atoms with Crippen LogP contribution in [0.15, 0.2) is 72.8 Å². The van der Waals surface area contributed by atoms with E-state index in [0.29, 0.717) is 5.69 Å². The highest BCUT2D eigenvalue weighted by molar-refractivity contribution is 7.92. The summed E-state index contributed by atoms with van der Waals surface area (Å²) in [5.41, 5.74) is 4.43. The van der Waals surface area contributed by atoms with Gasteiger partial charge < -0.3 is 10.2 Å². The fraction of sp³-hybridized carbons (Fsp3) is 0.375. The zero-order valence-corrected chi connectivity index (χ0v) is 25.4. The molecule has 40 heavy (non-hydrogen) atoms. The van der Waals surface area contributed by atoms with Crippen LogP contribution in [-0.4, -0.2) is 49.5 Å². The van der Waals surface area contributed by atoms with Crippen molar-refractivity contribution in [1.29, 1.82) is 0 Å². The zero-order valence-electron chi connectivity index (χ0n) is 24.6. The van der Waals surface area contributed by atoms with E-state index in [-0.39, 0.29) is 18.9 Å². The second kappa shape index (κ2) is 12.7. The van der Waals surface area contributed by atoms with Gasteiger partial charge in [0.15, 0.2) is 0 Å². The Hall–Kier alpha value is -3.65. The molecule has 0 aliphatic carbocycles. The number of carbonyl (C=O) groups is 2. The van der Waals surface area contributed by atoms with E-state index < -0.39 is 34.1 Å². The standard InChI is InChI=1S/C32H41N3O4S/c1-23-17-24(2)19-28(18-23)35(40(7,38)39)22-30(36)34(21-27-16-12-11-13-25(27)3)29(31(37)33-32(4,5)6)20-26-14-9-8-10-15-26/h8-19,29H,20-22H2,1-7H3,(H,33,37). The van der Waals surface area contributed by atoms with Gasteiger partial charge in [0, 0.05) is 18.5 Å². The smallest absolute Gasteiger partial charge is 0.244 e. The maximum absolute atomic E-state index is 14.2. The number of amides is 2. The number of benzene rings is 3. The van der Waals surface area contributed by atoms with Crippen molar-refractivity contribution in [1.82, 2.24) is 10.2 Å². The molecule has 214 valence electrons. The Morgan fingerprint density at radius 3 is 2.00 bits per heavy atom. The molecule has 0 bridgehead atoms. The topological polar surface area (TPSA) is 86.8 Å². The molecular formula is C32H41N3O4S. The lowest BCUT2D eigenvalue weighted by atomic mass is 10.00. The predicted molar refractivity (Wildman–Crippen MR) is 162 cm³/mol. The lowest BCUT2D eigenvalue weighted by Gasteiger charge is -2.35. The van der Waals surface area contributed by atoms with E-state index in [1.807, 2.05) is 102 Å². The first kappa shape index (κ1) is 30.9. The van der Waals surface area contributed by atoms with Crippen molar-refractivity contribution < 1.29 is 18.0 Å². The Bertz CT molecular complexity index is 1430. The van der Waals surface area contributed by atoms with Gasteiger partial charge in [0.05, 0.1) is 11.9 Å². The van der Waals surface area contributed by atoms with Crippen molar-refractivity contribution in [2.45, 2.75) is 66.1 Å². The minimum Gasteiger partial charge on any atom is -0.350 e. The molecule has 0 aromatic heterocycles. The number of nitrogens with one attached hydrogen (secondary N) is 1. The monoisotopic (exact) mass is 563 g/mol. The van der Waals surface area contributed by atoms with E-state index in [0.717, 1.165) is 38.4 Å². The first-order chi connectivity index (χ1) is 18.6. The Kier molecular flexibility index (Phi) is 9.79. The van der Waals surface area contributed by atoms with Gasteiger partial charge in [-0.25, -0.2) is 8.42 Å². The Morgan fingerprint density at radius 1 is 0.875 bits per heavy atom. The molecule has 0 spiro atoms. The van der Waals surface area contributed by atoms with E-state index in [9.17, 15) is 18.0 Å². The van der Waals surface area contributed by atoms with E-state index in [1.165, 1.54) is 4.90 Å². The number of hydrogen-bond acceptors (Lipinski definition) is 4. The summed E-state index contributed by atoms with van der Waals surface area (Å²) in [6.07, 6.45) is 1.38. The van der Waals surface area contributed by atoms with Gasteiger partial charge in [-0.1, -0.05) is 60.7 Å². The predicted octanol–water partition coefficient (Wildman–Crippen LogP) is 4.93. The summed E-state index contributed by atoms with van der Waals surface area (Å²) in [4.78, 5) is 29.5. The second-order valence-electron chi connectivity index (χ2n) is 11.5. The first-order valence-electron chi connectivity index (χ1n) is 13.4. The highest BCUT2D eigenvalue weighted by atomic mass is 32.2. The van der Waals surface area contributed by atoms with Crippen LogP contribution in [0.1, 0.15) is 48.6 Å². The van der Waals surface area contributed by atoms with Crippen LogP contribution in [0.4, 0.5) is 5.69 Å². The zero-order chi connectivity index (χ0) is 29.7. The van der Waals surface area contributed by atoms with Gasteiger partial charge in [0.2, 0.25) is 21.8 Å². The number of nitrogens with zero attached hydrogens (tertiary/aromatic N) is 2. The van der Waals surface area contributed by atoms with Gasteiger partial charge in [0.25, 0.3) is 0 Å². The van der Waals surface area contributed by atoms with Crippen LogP contribution in [0.25, 0.3) is 0 Å². The highest BCUT2D eigenvalue weighted by Gasteiger charge is 2.34. The molecule has 2 amide bonds. The molecule has 3 aromatic carbocycles. The molecule has 0 saturated heterocycles. The van der Waals surface area contributed by atoms with Gasteiger partial charge in [-0.05, 0) is 81.5 Å². The minimum absolute atomic E-state index is 0.158. The molecule has 0 fully saturated rings. The first-order valence-corrected chi connectivity index (χ1v) is 15.2. The molecule has 0 saturated carbocycles. The van der Waals surface area contributed by atoms with Gasteiger partial charge in [0.1, 0.15) is 12.6 Å². The fourth-order valence-electron chi connectivity index (χ4n) is 4.69. The Morgan fingerprint density at radius 2 is 1.45 bits per heavy atom. The van der Waals surface area contributed by atoms with Crippen LogP contribution >= 0.6 is 0 Å². The van der Waals surface area contributed by atoms with Gasteiger partial charge >= 0.3 is 0 Å². The summed E-state index contributed by atoms with van der Waals surface area (Å²) >= 11 is 0. The van der Waals surface area contributed by atoms with Crippen LogP contribution in [0, 0.1) is 20.8 Å². The Balaban J connectivity index is 2.10. The number of sulfonamides is 1. The summed E-state index contributed by atoms with van der Waals surface area (Å²) in [5.74, 6) is -0.756. The third kappa shape index (κ3) is 8.68. The lowest BCUT2D eigenvalue weighted by molar-refractivity contribution is -0.140. The fourth-order valence-corrected chi connectivity index (χ4v) is 5.52. The lowest BCUT2D eigenvalue weighted by Crippen LogP contribution is -2.56. The average Bonchev–Trinajstić information content (AvgIpc) is 2.83. The molecule has 1 atom stereocenters. The van der Waals surface area contributed by atoms with Gasteiger partial charge in [-0.15, -0.1) is 0 Å². The van der Waals surface area contributed by atoms with Crippen molar-refractivity contribution in [3.8, 4) is 0 Å². The molecule has 8 heteroatoms. The van der Waals surface area contributed by atoms with E-state index in [4.69, 9.17) is 0 Å². The molecule has 7 nitrogen and oxygen atoms in total. The molecule has 0 heterocycles. The van der Waals surface area contributed by atoms with Gasteiger partial charge in [-0.3, -0.25) is 13.9 Å². The molecular weight excluding hydrogens is 522 g/mol. The van der Waals surface area contributed by atoms with Crippen molar-refractivity contribution in [3.63, 3.8) is 0 Å².